The molecule has 0 radical (unpaired) electrons. The van der Waals surface area contributed by atoms with Crippen LogP contribution in [0.15, 0.2) is 23.0 Å². The Hall–Kier alpha value is -1.62. The van der Waals surface area contributed by atoms with Crippen LogP contribution < -0.4 is 5.32 Å². The minimum Gasteiger partial charge on any atom is -0.444 e. The lowest BCUT2D eigenvalue weighted by molar-refractivity contribution is 0.380. The number of aromatic nitrogens is 3. The maximum absolute atomic E-state index is 5.49. The topological polar surface area (TPSA) is 55.9 Å². The lowest BCUT2D eigenvalue weighted by Gasteiger charge is -2.16. The molecule has 0 saturated heterocycles. The summed E-state index contributed by atoms with van der Waals surface area (Å²) in [6, 6.07) is 0.296. The van der Waals surface area contributed by atoms with Crippen molar-refractivity contribution in [2.24, 2.45) is 7.05 Å². The first-order valence-electron chi connectivity index (χ1n) is 5.73. The number of hydrogen-bond donors (Lipinski definition) is 1. The molecule has 0 saturated carbocycles. The number of nitrogens with one attached hydrogen (secondary N) is 1. The smallest absolute Gasteiger partial charge is 0.211 e. The third-order valence-corrected chi connectivity index (χ3v) is 2.73. The number of rotatable bonds is 4. The zero-order valence-corrected chi connectivity index (χ0v) is 10.6. The highest BCUT2D eigenvalue weighted by Crippen LogP contribution is 2.18. The molecule has 0 aliphatic carbocycles. The van der Waals surface area contributed by atoms with Crippen LogP contribution in [0.25, 0.3) is 0 Å². The van der Waals surface area contributed by atoms with Gasteiger partial charge in [-0.1, -0.05) is 0 Å². The van der Waals surface area contributed by atoms with Crippen LogP contribution in [0, 0.1) is 6.92 Å². The van der Waals surface area contributed by atoms with Crippen LogP contribution in [0.4, 0.5) is 0 Å². The molecule has 0 aliphatic rings. The van der Waals surface area contributed by atoms with E-state index in [9.17, 15) is 0 Å². The van der Waals surface area contributed by atoms with E-state index in [0.29, 0.717) is 0 Å². The predicted molar refractivity (Wildman–Crippen MR) is 64.4 cm³/mol. The van der Waals surface area contributed by atoms with Gasteiger partial charge in [0.2, 0.25) is 5.89 Å². The van der Waals surface area contributed by atoms with Gasteiger partial charge in [0.05, 0.1) is 18.4 Å². The molecule has 2 rings (SSSR count). The first-order valence-corrected chi connectivity index (χ1v) is 5.73. The summed E-state index contributed by atoms with van der Waals surface area (Å²) in [4.78, 5) is 4.22. The standard InChI is InChI=1S/C12H18N4O/c1-8-5-13-12(17-8)10(3)15-9(2)11-6-14-16(4)7-11/h5-7,9-10,15H,1-4H3. The largest absolute Gasteiger partial charge is 0.444 e. The molecule has 0 fully saturated rings. The van der Waals surface area contributed by atoms with Gasteiger partial charge in [0.25, 0.3) is 0 Å². The van der Waals surface area contributed by atoms with Crippen molar-refractivity contribution in [3.05, 3.63) is 35.8 Å². The van der Waals surface area contributed by atoms with E-state index in [2.05, 4.69) is 22.3 Å². The monoisotopic (exact) mass is 234 g/mol. The SMILES string of the molecule is Cc1cnc(C(C)NC(C)c2cnn(C)c2)o1. The Morgan fingerprint density at radius 2 is 2.06 bits per heavy atom. The third-order valence-electron chi connectivity index (χ3n) is 2.73. The van der Waals surface area contributed by atoms with Crippen molar-refractivity contribution >= 4 is 0 Å². The quantitative estimate of drug-likeness (QED) is 0.880. The van der Waals surface area contributed by atoms with E-state index < -0.39 is 0 Å². The van der Waals surface area contributed by atoms with Gasteiger partial charge in [-0.15, -0.1) is 0 Å². The first-order chi connectivity index (χ1) is 8.06. The summed E-state index contributed by atoms with van der Waals surface area (Å²) in [6.45, 7) is 6.04. The van der Waals surface area contributed by atoms with Gasteiger partial charge in [0, 0.05) is 24.8 Å². The van der Waals surface area contributed by atoms with Gasteiger partial charge in [-0.25, -0.2) is 4.98 Å². The van der Waals surface area contributed by atoms with Gasteiger partial charge in [0.15, 0.2) is 0 Å². The van der Waals surface area contributed by atoms with Crippen molar-refractivity contribution < 1.29 is 4.42 Å². The molecular weight excluding hydrogens is 216 g/mol. The number of hydrogen-bond acceptors (Lipinski definition) is 4. The van der Waals surface area contributed by atoms with Crippen molar-refractivity contribution in [2.45, 2.75) is 32.9 Å². The minimum atomic E-state index is 0.0823. The normalized spacial score (nSPS) is 14.8. The Labute approximate surface area is 101 Å². The van der Waals surface area contributed by atoms with Crippen molar-refractivity contribution in [1.82, 2.24) is 20.1 Å². The average molecular weight is 234 g/mol. The summed E-state index contributed by atoms with van der Waals surface area (Å²) in [6.07, 6.45) is 5.61. The zero-order chi connectivity index (χ0) is 12.4. The van der Waals surface area contributed by atoms with Gasteiger partial charge in [-0.05, 0) is 20.8 Å². The molecule has 0 aliphatic heterocycles. The summed E-state index contributed by atoms with van der Waals surface area (Å²) >= 11 is 0. The molecule has 0 spiro atoms. The molecule has 92 valence electrons. The van der Waals surface area contributed by atoms with Gasteiger partial charge < -0.3 is 4.42 Å². The second kappa shape index (κ2) is 4.71. The van der Waals surface area contributed by atoms with Crippen molar-refractivity contribution in [1.29, 1.82) is 0 Å². The maximum Gasteiger partial charge on any atom is 0.211 e. The summed E-state index contributed by atoms with van der Waals surface area (Å²) in [5, 5.41) is 7.59. The van der Waals surface area contributed by atoms with Gasteiger partial charge >= 0.3 is 0 Å². The van der Waals surface area contributed by atoms with Crippen LogP contribution in [0.3, 0.4) is 0 Å². The lowest BCUT2D eigenvalue weighted by atomic mass is 10.1. The Morgan fingerprint density at radius 3 is 2.59 bits per heavy atom. The number of aryl methyl sites for hydroxylation is 2. The molecule has 2 aromatic heterocycles. The van der Waals surface area contributed by atoms with E-state index in [4.69, 9.17) is 4.42 Å². The fourth-order valence-electron chi connectivity index (χ4n) is 1.78. The molecule has 5 nitrogen and oxygen atoms in total. The van der Waals surface area contributed by atoms with Crippen LogP contribution in [-0.4, -0.2) is 14.8 Å². The molecule has 2 aromatic rings. The highest BCUT2D eigenvalue weighted by Gasteiger charge is 2.15. The zero-order valence-electron chi connectivity index (χ0n) is 10.6. The van der Waals surface area contributed by atoms with E-state index in [1.54, 1.807) is 10.9 Å². The van der Waals surface area contributed by atoms with E-state index in [0.717, 1.165) is 17.2 Å². The van der Waals surface area contributed by atoms with E-state index >= 15 is 0 Å². The summed E-state index contributed by atoms with van der Waals surface area (Å²) < 4.78 is 7.29. The molecule has 0 aromatic carbocycles. The fourth-order valence-corrected chi connectivity index (χ4v) is 1.78. The second-order valence-corrected chi connectivity index (χ2v) is 4.37. The summed E-state index contributed by atoms with van der Waals surface area (Å²) in [7, 11) is 1.91. The van der Waals surface area contributed by atoms with Crippen LogP contribution in [0.5, 0.6) is 0 Å². The van der Waals surface area contributed by atoms with E-state index in [-0.39, 0.29) is 12.1 Å². The average Bonchev–Trinajstić information content (AvgIpc) is 2.87. The van der Waals surface area contributed by atoms with Crippen LogP contribution in [0.1, 0.15) is 43.1 Å². The minimum absolute atomic E-state index is 0.0823. The number of nitrogens with zero attached hydrogens (tertiary/aromatic N) is 3. The van der Waals surface area contributed by atoms with Crippen LogP contribution in [-0.2, 0) is 7.05 Å². The van der Waals surface area contributed by atoms with E-state index in [1.165, 1.54) is 0 Å². The second-order valence-electron chi connectivity index (χ2n) is 4.37. The molecule has 5 heteroatoms. The lowest BCUT2D eigenvalue weighted by Crippen LogP contribution is -2.22. The van der Waals surface area contributed by atoms with Crippen molar-refractivity contribution in [2.75, 3.05) is 0 Å². The Bertz CT molecular complexity index is 444. The van der Waals surface area contributed by atoms with Gasteiger partial charge in [-0.2, -0.15) is 5.10 Å². The molecule has 2 unspecified atom stereocenters. The molecule has 2 atom stereocenters. The molecule has 2 heterocycles. The first kappa shape index (κ1) is 11.9. The van der Waals surface area contributed by atoms with E-state index in [1.807, 2.05) is 33.3 Å². The van der Waals surface area contributed by atoms with Crippen molar-refractivity contribution in [3.8, 4) is 0 Å². The van der Waals surface area contributed by atoms with Crippen LogP contribution in [0.2, 0.25) is 0 Å². The Morgan fingerprint density at radius 1 is 1.29 bits per heavy atom. The summed E-state index contributed by atoms with van der Waals surface area (Å²) in [5.74, 6) is 1.56. The molecular formula is C12H18N4O. The highest BCUT2D eigenvalue weighted by molar-refractivity contribution is 5.10. The van der Waals surface area contributed by atoms with Crippen LogP contribution >= 0.6 is 0 Å². The van der Waals surface area contributed by atoms with Gasteiger partial charge in [0.1, 0.15) is 5.76 Å². The molecule has 17 heavy (non-hydrogen) atoms. The fraction of sp³-hybridized carbons (Fsp3) is 0.500. The Balaban J connectivity index is 2.01. The Kier molecular flexibility index (Phi) is 3.28. The number of oxazole rings is 1. The highest BCUT2D eigenvalue weighted by atomic mass is 16.4. The predicted octanol–water partition coefficient (Wildman–Crippen LogP) is 2.13. The van der Waals surface area contributed by atoms with Crippen molar-refractivity contribution in [3.63, 3.8) is 0 Å². The maximum atomic E-state index is 5.49. The molecule has 0 bridgehead atoms. The van der Waals surface area contributed by atoms with Gasteiger partial charge in [-0.3, -0.25) is 10.00 Å². The molecule has 1 N–H and O–H groups in total. The molecule has 0 amide bonds. The summed E-state index contributed by atoms with van der Waals surface area (Å²) in [5.41, 5.74) is 1.16. The third kappa shape index (κ3) is 2.74.